The lowest BCUT2D eigenvalue weighted by Crippen LogP contribution is -2.33. The van der Waals surface area contributed by atoms with Gasteiger partial charge < -0.3 is 9.32 Å². The fraction of sp³-hybridized carbons (Fsp3) is 0.286. The van der Waals surface area contributed by atoms with E-state index in [0.29, 0.717) is 0 Å². The van der Waals surface area contributed by atoms with Gasteiger partial charge in [-0.1, -0.05) is 12.1 Å². The van der Waals surface area contributed by atoms with Crippen LogP contribution in [0.3, 0.4) is 0 Å². The molecule has 1 aromatic heterocycles. The van der Waals surface area contributed by atoms with Gasteiger partial charge in [-0.15, -0.1) is 0 Å². The Morgan fingerprint density at radius 2 is 2.11 bits per heavy atom. The van der Waals surface area contributed by atoms with Gasteiger partial charge in [0, 0.05) is 18.3 Å². The summed E-state index contributed by atoms with van der Waals surface area (Å²) in [6.45, 7) is 3.90. The number of carbonyl (C=O) groups excluding carboxylic acids is 1. The molecular formula is C14H14N2O2. The Labute approximate surface area is 105 Å². The normalized spacial score (nSPS) is 17.1. The van der Waals surface area contributed by atoms with E-state index < -0.39 is 5.41 Å². The molecule has 0 saturated carbocycles. The van der Waals surface area contributed by atoms with Crippen molar-refractivity contribution in [3.8, 4) is 11.3 Å². The van der Waals surface area contributed by atoms with E-state index in [4.69, 9.17) is 4.42 Å². The van der Waals surface area contributed by atoms with Gasteiger partial charge in [-0.2, -0.15) is 0 Å². The minimum Gasteiger partial charge on any atom is -0.451 e. The molecule has 4 heteroatoms. The lowest BCUT2D eigenvalue weighted by molar-refractivity contribution is -0.121. The average Bonchev–Trinajstić information content (AvgIpc) is 2.94. The number of hydrogen-bond donors (Lipinski definition) is 0. The third-order valence-corrected chi connectivity index (χ3v) is 3.60. The molecule has 0 atom stereocenters. The molecule has 3 rings (SSSR count). The van der Waals surface area contributed by atoms with Gasteiger partial charge in [-0.05, 0) is 25.5 Å². The second kappa shape index (κ2) is 3.45. The van der Waals surface area contributed by atoms with E-state index in [0.717, 1.165) is 22.5 Å². The summed E-state index contributed by atoms with van der Waals surface area (Å²) < 4.78 is 4.99. The fourth-order valence-electron chi connectivity index (χ4n) is 2.50. The molecular weight excluding hydrogens is 228 g/mol. The first-order valence-electron chi connectivity index (χ1n) is 5.83. The molecule has 0 saturated heterocycles. The number of likely N-dealkylation sites (N-methyl/N-ethyl adjacent to an activating group) is 1. The van der Waals surface area contributed by atoms with Crippen molar-refractivity contribution in [2.75, 3.05) is 11.9 Å². The third-order valence-electron chi connectivity index (χ3n) is 3.60. The standard InChI is InChI=1S/C14H14N2O2/c1-14(2)10-5-4-9(11-7-18-8-15-11)6-12(10)16(3)13(14)17/h4-8H,1-3H3. The van der Waals surface area contributed by atoms with Gasteiger partial charge in [0.1, 0.15) is 12.0 Å². The maximum atomic E-state index is 12.2. The van der Waals surface area contributed by atoms with E-state index in [1.807, 2.05) is 39.1 Å². The van der Waals surface area contributed by atoms with E-state index in [1.165, 1.54) is 6.39 Å². The number of rotatable bonds is 1. The second-order valence-corrected chi connectivity index (χ2v) is 5.09. The summed E-state index contributed by atoms with van der Waals surface area (Å²) in [6, 6.07) is 5.96. The summed E-state index contributed by atoms with van der Waals surface area (Å²) >= 11 is 0. The Kier molecular flexibility index (Phi) is 2.11. The van der Waals surface area contributed by atoms with Gasteiger partial charge in [0.25, 0.3) is 0 Å². The summed E-state index contributed by atoms with van der Waals surface area (Å²) in [5.41, 5.74) is 3.29. The van der Waals surface area contributed by atoms with Gasteiger partial charge in [-0.25, -0.2) is 4.98 Å². The number of anilines is 1. The number of carbonyl (C=O) groups is 1. The monoisotopic (exact) mass is 242 g/mol. The van der Waals surface area contributed by atoms with Crippen LogP contribution in [-0.4, -0.2) is 17.9 Å². The van der Waals surface area contributed by atoms with Crippen LogP contribution in [0.15, 0.2) is 35.3 Å². The molecule has 1 aliphatic rings. The van der Waals surface area contributed by atoms with Gasteiger partial charge >= 0.3 is 0 Å². The zero-order valence-corrected chi connectivity index (χ0v) is 10.6. The van der Waals surface area contributed by atoms with Crippen LogP contribution in [0.25, 0.3) is 11.3 Å². The summed E-state index contributed by atoms with van der Waals surface area (Å²) in [4.78, 5) is 18.0. The van der Waals surface area contributed by atoms with Crippen molar-refractivity contribution in [2.24, 2.45) is 0 Å². The molecule has 0 fully saturated rings. The summed E-state index contributed by atoms with van der Waals surface area (Å²) in [7, 11) is 1.81. The predicted molar refractivity (Wildman–Crippen MR) is 68.4 cm³/mol. The Balaban J connectivity index is 2.17. The molecule has 0 bridgehead atoms. The van der Waals surface area contributed by atoms with Crippen LogP contribution in [0.1, 0.15) is 19.4 Å². The Morgan fingerprint density at radius 3 is 2.78 bits per heavy atom. The van der Waals surface area contributed by atoms with Gasteiger partial charge in [-0.3, -0.25) is 4.79 Å². The number of fused-ring (bicyclic) bond motifs is 1. The van der Waals surface area contributed by atoms with Crippen LogP contribution in [0, 0.1) is 0 Å². The zero-order chi connectivity index (χ0) is 12.9. The van der Waals surface area contributed by atoms with E-state index in [2.05, 4.69) is 4.98 Å². The smallest absolute Gasteiger partial charge is 0.236 e. The minimum atomic E-state index is -0.452. The fourth-order valence-corrected chi connectivity index (χ4v) is 2.50. The quantitative estimate of drug-likeness (QED) is 0.772. The maximum Gasteiger partial charge on any atom is 0.236 e. The number of nitrogens with zero attached hydrogens (tertiary/aromatic N) is 2. The largest absolute Gasteiger partial charge is 0.451 e. The van der Waals surface area contributed by atoms with Crippen molar-refractivity contribution < 1.29 is 9.21 Å². The Hall–Kier alpha value is -2.10. The predicted octanol–water partition coefficient (Wildman–Crippen LogP) is 2.60. The number of oxazole rings is 1. The van der Waals surface area contributed by atoms with Crippen LogP contribution in [0.4, 0.5) is 5.69 Å². The molecule has 4 nitrogen and oxygen atoms in total. The van der Waals surface area contributed by atoms with E-state index in [9.17, 15) is 4.79 Å². The second-order valence-electron chi connectivity index (χ2n) is 5.09. The topological polar surface area (TPSA) is 46.3 Å². The maximum absolute atomic E-state index is 12.2. The molecule has 92 valence electrons. The van der Waals surface area contributed by atoms with Crippen molar-refractivity contribution in [1.82, 2.24) is 4.98 Å². The average molecular weight is 242 g/mol. The molecule has 1 aromatic carbocycles. The van der Waals surface area contributed by atoms with Crippen molar-refractivity contribution in [1.29, 1.82) is 0 Å². The van der Waals surface area contributed by atoms with Crippen molar-refractivity contribution in [3.63, 3.8) is 0 Å². The molecule has 1 aliphatic heterocycles. The molecule has 1 amide bonds. The Bertz CT molecular complexity index is 615. The lowest BCUT2D eigenvalue weighted by Gasteiger charge is -2.16. The lowest BCUT2D eigenvalue weighted by atomic mass is 9.86. The molecule has 0 aliphatic carbocycles. The Morgan fingerprint density at radius 1 is 1.33 bits per heavy atom. The van der Waals surface area contributed by atoms with E-state index in [-0.39, 0.29) is 5.91 Å². The van der Waals surface area contributed by atoms with Gasteiger partial charge in [0.05, 0.1) is 5.41 Å². The highest BCUT2D eigenvalue weighted by atomic mass is 16.3. The summed E-state index contributed by atoms with van der Waals surface area (Å²) in [6.07, 6.45) is 3.00. The number of hydrogen-bond acceptors (Lipinski definition) is 3. The van der Waals surface area contributed by atoms with Crippen molar-refractivity contribution in [2.45, 2.75) is 19.3 Å². The van der Waals surface area contributed by atoms with Gasteiger partial charge in [0.15, 0.2) is 6.39 Å². The molecule has 0 spiro atoms. The van der Waals surface area contributed by atoms with Crippen LogP contribution < -0.4 is 4.90 Å². The van der Waals surface area contributed by atoms with Crippen molar-refractivity contribution in [3.05, 3.63) is 36.4 Å². The molecule has 0 radical (unpaired) electrons. The number of benzene rings is 1. The van der Waals surface area contributed by atoms with Gasteiger partial charge in [0.2, 0.25) is 5.91 Å². The number of aromatic nitrogens is 1. The van der Waals surface area contributed by atoms with Crippen LogP contribution >= 0.6 is 0 Å². The molecule has 2 heterocycles. The highest BCUT2D eigenvalue weighted by molar-refractivity contribution is 6.07. The van der Waals surface area contributed by atoms with Crippen LogP contribution in [-0.2, 0) is 10.2 Å². The third kappa shape index (κ3) is 1.32. The van der Waals surface area contributed by atoms with E-state index in [1.54, 1.807) is 11.2 Å². The first-order chi connectivity index (χ1) is 8.51. The van der Waals surface area contributed by atoms with Crippen molar-refractivity contribution >= 4 is 11.6 Å². The zero-order valence-electron chi connectivity index (χ0n) is 10.6. The van der Waals surface area contributed by atoms with Crippen LogP contribution in [0.5, 0.6) is 0 Å². The first-order valence-corrected chi connectivity index (χ1v) is 5.83. The van der Waals surface area contributed by atoms with E-state index >= 15 is 0 Å². The summed E-state index contributed by atoms with van der Waals surface area (Å²) in [5, 5.41) is 0. The molecule has 0 unspecified atom stereocenters. The number of amides is 1. The van der Waals surface area contributed by atoms with Crippen LogP contribution in [0.2, 0.25) is 0 Å². The highest BCUT2D eigenvalue weighted by Gasteiger charge is 2.42. The summed E-state index contributed by atoms with van der Waals surface area (Å²) in [5.74, 6) is 0.120. The SMILES string of the molecule is CN1C(=O)C(C)(C)c2ccc(-c3cocn3)cc21. The first kappa shape index (κ1) is 11.0. The molecule has 2 aromatic rings. The molecule has 18 heavy (non-hydrogen) atoms. The molecule has 0 N–H and O–H groups in total. The highest BCUT2D eigenvalue weighted by Crippen LogP contribution is 2.42. The minimum absolute atomic E-state index is 0.120.